The molecule has 5 heteroatoms. The third kappa shape index (κ3) is 3.82. The van der Waals surface area contributed by atoms with Crippen LogP contribution in [0.4, 0.5) is 5.82 Å². The zero-order chi connectivity index (χ0) is 13.8. The van der Waals surface area contributed by atoms with E-state index in [9.17, 15) is 4.79 Å². The fourth-order valence-corrected chi connectivity index (χ4v) is 2.10. The summed E-state index contributed by atoms with van der Waals surface area (Å²) >= 11 is 0. The molecule has 1 aliphatic carbocycles. The molecule has 0 amide bonds. The van der Waals surface area contributed by atoms with Crippen LogP contribution in [0.2, 0.25) is 0 Å². The van der Waals surface area contributed by atoms with Crippen molar-refractivity contribution in [1.29, 1.82) is 5.26 Å². The van der Waals surface area contributed by atoms with Gasteiger partial charge in [-0.25, -0.2) is 4.98 Å². The largest absolute Gasteiger partial charge is 0.355 e. The van der Waals surface area contributed by atoms with Crippen LogP contribution in [0, 0.1) is 17.2 Å². The lowest BCUT2D eigenvalue weighted by molar-refractivity contribution is 0.605. The average Bonchev–Trinajstić information content (AvgIpc) is 3.17. The Bertz CT molecular complexity index is 525. The Labute approximate surface area is 113 Å². The van der Waals surface area contributed by atoms with Crippen LogP contribution in [-0.2, 0) is 0 Å². The Morgan fingerprint density at radius 3 is 2.89 bits per heavy atom. The molecule has 0 unspecified atom stereocenters. The van der Waals surface area contributed by atoms with Gasteiger partial charge in [-0.2, -0.15) is 5.26 Å². The van der Waals surface area contributed by atoms with Gasteiger partial charge in [0.25, 0.3) is 5.56 Å². The smallest absolute Gasteiger partial charge is 0.252 e. The number of rotatable bonds is 6. The number of H-pyrrole nitrogens is 1. The van der Waals surface area contributed by atoms with Crippen LogP contribution in [0.25, 0.3) is 0 Å². The second-order valence-corrected chi connectivity index (χ2v) is 5.51. The van der Waals surface area contributed by atoms with E-state index >= 15 is 0 Å². The maximum Gasteiger partial charge on any atom is 0.252 e. The van der Waals surface area contributed by atoms with Crippen molar-refractivity contribution in [3.63, 3.8) is 0 Å². The quantitative estimate of drug-likeness (QED) is 0.849. The van der Waals surface area contributed by atoms with E-state index in [1.165, 1.54) is 6.07 Å². The summed E-state index contributed by atoms with van der Waals surface area (Å²) in [6.07, 6.45) is 2.66. The summed E-state index contributed by atoms with van der Waals surface area (Å²) in [5.74, 6) is 2.39. The number of nitriles is 1. The second kappa shape index (κ2) is 5.87. The lowest BCUT2D eigenvalue weighted by atomic mass is 10.2. The lowest BCUT2D eigenvalue weighted by Gasteiger charge is -2.24. The molecular formula is C14H20N4O. The SMILES string of the molecule is CC(C)CN(CCC#N)c1cc(=O)[nH]c(C2CC2)n1. The third-order valence-electron chi connectivity index (χ3n) is 3.11. The lowest BCUT2D eigenvalue weighted by Crippen LogP contribution is -2.31. The first-order chi connectivity index (χ1) is 9.10. The summed E-state index contributed by atoms with van der Waals surface area (Å²) in [6, 6.07) is 3.68. The van der Waals surface area contributed by atoms with Crippen molar-refractivity contribution in [3.8, 4) is 6.07 Å². The van der Waals surface area contributed by atoms with Crippen molar-refractivity contribution in [1.82, 2.24) is 9.97 Å². The van der Waals surface area contributed by atoms with Gasteiger partial charge in [0.1, 0.15) is 11.6 Å². The van der Waals surface area contributed by atoms with Gasteiger partial charge in [0.2, 0.25) is 0 Å². The van der Waals surface area contributed by atoms with Crippen LogP contribution in [0.15, 0.2) is 10.9 Å². The molecule has 0 aromatic carbocycles. The monoisotopic (exact) mass is 260 g/mol. The molecule has 1 saturated carbocycles. The van der Waals surface area contributed by atoms with Gasteiger partial charge in [-0.1, -0.05) is 13.8 Å². The van der Waals surface area contributed by atoms with Gasteiger partial charge in [-0.15, -0.1) is 0 Å². The molecule has 1 aliphatic rings. The Morgan fingerprint density at radius 1 is 1.58 bits per heavy atom. The summed E-state index contributed by atoms with van der Waals surface area (Å²) in [4.78, 5) is 21.1. The maximum atomic E-state index is 11.7. The Morgan fingerprint density at radius 2 is 2.32 bits per heavy atom. The molecule has 19 heavy (non-hydrogen) atoms. The fourth-order valence-electron chi connectivity index (χ4n) is 2.10. The van der Waals surface area contributed by atoms with E-state index in [1.807, 2.05) is 4.90 Å². The molecule has 0 radical (unpaired) electrons. The molecule has 1 heterocycles. The van der Waals surface area contributed by atoms with Crippen molar-refractivity contribution in [2.24, 2.45) is 5.92 Å². The standard InChI is InChI=1S/C14H20N4O/c1-10(2)9-18(7-3-6-15)12-8-13(19)17-14(16-12)11-4-5-11/h8,10-11H,3-5,7,9H2,1-2H3,(H,16,17,19). The van der Waals surface area contributed by atoms with Crippen molar-refractivity contribution in [2.45, 2.75) is 39.0 Å². The second-order valence-electron chi connectivity index (χ2n) is 5.51. The number of aromatic nitrogens is 2. The number of anilines is 1. The van der Waals surface area contributed by atoms with Crippen LogP contribution in [0.5, 0.6) is 0 Å². The van der Waals surface area contributed by atoms with Crippen molar-refractivity contribution in [2.75, 3.05) is 18.0 Å². The molecule has 0 spiro atoms. The van der Waals surface area contributed by atoms with Crippen LogP contribution >= 0.6 is 0 Å². The van der Waals surface area contributed by atoms with Crippen LogP contribution in [0.1, 0.15) is 44.9 Å². The molecule has 0 atom stereocenters. The zero-order valence-corrected chi connectivity index (χ0v) is 11.5. The van der Waals surface area contributed by atoms with E-state index < -0.39 is 0 Å². The number of nitrogens with one attached hydrogen (secondary N) is 1. The molecule has 0 saturated heterocycles. The molecule has 0 bridgehead atoms. The van der Waals surface area contributed by atoms with Crippen molar-refractivity contribution in [3.05, 3.63) is 22.2 Å². The third-order valence-corrected chi connectivity index (χ3v) is 3.11. The van der Waals surface area contributed by atoms with Gasteiger partial charge in [-0.05, 0) is 18.8 Å². The van der Waals surface area contributed by atoms with E-state index in [-0.39, 0.29) is 5.56 Å². The predicted octanol–water partition coefficient (Wildman–Crippen LogP) is 2.02. The first-order valence-electron chi connectivity index (χ1n) is 6.83. The van der Waals surface area contributed by atoms with Gasteiger partial charge in [0.15, 0.2) is 0 Å². The first kappa shape index (κ1) is 13.6. The molecule has 1 N–H and O–H groups in total. The molecule has 2 rings (SSSR count). The topological polar surface area (TPSA) is 72.8 Å². The highest BCUT2D eigenvalue weighted by Crippen LogP contribution is 2.37. The normalized spacial score (nSPS) is 14.4. The van der Waals surface area contributed by atoms with E-state index in [0.29, 0.717) is 30.6 Å². The fraction of sp³-hybridized carbons (Fsp3) is 0.643. The molecule has 5 nitrogen and oxygen atoms in total. The molecule has 102 valence electrons. The van der Waals surface area contributed by atoms with Gasteiger partial charge in [0, 0.05) is 25.1 Å². The minimum atomic E-state index is -0.0994. The van der Waals surface area contributed by atoms with Gasteiger partial charge in [0.05, 0.1) is 12.5 Å². The summed E-state index contributed by atoms with van der Waals surface area (Å²) < 4.78 is 0. The van der Waals surface area contributed by atoms with E-state index in [1.54, 1.807) is 0 Å². The number of aromatic amines is 1. The maximum absolute atomic E-state index is 11.7. The minimum absolute atomic E-state index is 0.0994. The molecule has 1 aromatic rings. The average molecular weight is 260 g/mol. The van der Waals surface area contributed by atoms with Gasteiger partial charge in [-0.3, -0.25) is 4.79 Å². The number of hydrogen-bond donors (Lipinski definition) is 1. The Hall–Kier alpha value is -1.83. The zero-order valence-electron chi connectivity index (χ0n) is 11.5. The molecule has 1 fully saturated rings. The summed E-state index contributed by atoms with van der Waals surface area (Å²) in [7, 11) is 0. The van der Waals surface area contributed by atoms with E-state index in [0.717, 1.165) is 25.2 Å². The Kier molecular flexibility index (Phi) is 4.20. The summed E-state index contributed by atoms with van der Waals surface area (Å²) in [5.41, 5.74) is -0.0994. The van der Waals surface area contributed by atoms with Crippen LogP contribution < -0.4 is 10.5 Å². The molecular weight excluding hydrogens is 240 g/mol. The van der Waals surface area contributed by atoms with Crippen LogP contribution in [0.3, 0.4) is 0 Å². The van der Waals surface area contributed by atoms with Crippen molar-refractivity contribution < 1.29 is 0 Å². The first-order valence-corrected chi connectivity index (χ1v) is 6.83. The van der Waals surface area contributed by atoms with E-state index in [2.05, 4.69) is 29.9 Å². The number of hydrogen-bond acceptors (Lipinski definition) is 4. The highest BCUT2D eigenvalue weighted by atomic mass is 16.1. The Balaban J connectivity index is 2.23. The predicted molar refractivity (Wildman–Crippen MR) is 74.1 cm³/mol. The van der Waals surface area contributed by atoms with Crippen LogP contribution in [-0.4, -0.2) is 23.1 Å². The van der Waals surface area contributed by atoms with Gasteiger partial charge >= 0.3 is 0 Å². The highest BCUT2D eigenvalue weighted by Gasteiger charge is 2.27. The van der Waals surface area contributed by atoms with Crippen molar-refractivity contribution >= 4 is 5.82 Å². The summed E-state index contributed by atoms with van der Waals surface area (Å²) in [5, 5.41) is 8.74. The molecule has 0 aliphatic heterocycles. The molecule has 1 aromatic heterocycles. The summed E-state index contributed by atoms with van der Waals surface area (Å²) in [6.45, 7) is 5.67. The minimum Gasteiger partial charge on any atom is -0.355 e. The number of nitrogens with zero attached hydrogens (tertiary/aromatic N) is 3. The van der Waals surface area contributed by atoms with Gasteiger partial charge < -0.3 is 9.88 Å². The van der Waals surface area contributed by atoms with E-state index in [4.69, 9.17) is 5.26 Å². The highest BCUT2D eigenvalue weighted by molar-refractivity contribution is 5.38.